The van der Waals surface area contributed by atoms with Crippen LogP contribution >= 0.6 is 11.6 Å². The van der Waals surface area contributed by atoms with E-state index in [2.05, 4.69) is 41.3 Å². The second-order valence-electron chi connectivity index (χ2n) is 10.6. The van der Waals surface area contributed by atoms with Crippen molar-refractivity contribution in [2.75, 3.05) is 26.2 Å². The zero-order valence-electron chi connectivity index (χ0n) is 22.1. The van der Waals surface area contributed by atoms with E-state index >= 15 is 0 Å². The molecule has 0 aromatic heterocycles. The summed E-state index contributed by atoms with van der Waals surface area (Å²) in [7, 11) is 0. The van der Waals surface area contributed by atoms with E-state index in [4.69, 9.17) is 16.3 Å². The molecule has 3 aromatic carbocycles. The molecule has 37 heavy (non-hydrogen) atoms. The number of amides is 1. The number of halogens is 1. The fourth-order valence-electron chi connectivity index (χ4n) is 5.81. The molecule has 6 heteroatoms. The molecule has 0 saturated carbocycles. The van der Waals surface area contributed by atoms with Crippen molar-refractivity contribution < 1.29 is 14.6 Å². The molecule has 2 aliphatic rings. The minimum absolute atomic E-state index is 0.0448. The normalized spacial score (nSPS) is 20.7. The molecule has 1 N–H and O–H groups in total. The van der Waals surface area contributed by atoms with Gasteiger partial charge in [0.1, 0.15) is 11.5 Å². The van der Waals surface area contributed by atoms with Gasteiger partial charge < -0.3 is 14.7 Å². The van der Waals surface area contributed by atoms with Crippen LogP contribution < -0.4 is 4.74 Å². The number of nitrogens with zero attached hydrogens (tertiary/aromatic N) is 2. The van der Waals surface area contributed by atoms with Gasteiger partial charge in [-0.2, -0.15) is 0 Å². The molecule has 5 nitrogen and oxygen atoms in total. The summed E-state index contributed by atoms with van der Waals surface area (Å²) in [6.45, 7) is 10.5. The van der Waals surface area contributed by atoms with Crippen LogP contribution in [0.15, 0.2) is 54.6 Å². The topological polar surface area (TPSA) is 53.0 Å². The van der Waals surface area contributed by atoms with Crippen LogP contribution in [-0.2, 0) is 11.2 Å². The fourth-order valence-corrected chi connectivity index (χ4v) is 5.94. The summed E-state index contributed by atoms with van der Waals surface area (Å²) in [6, 6.07) is 18.7. The Labute approximate surface area is 224 Å². The van der Waals surface area contributed by atoms with Gasteiger partial charge >= 0.3 is 0 Å². The largest absolute Gasteiger partial charge is 0.507 e. The molecule has 0 radical (unpaired) electrons. The predicted molar refractivity (Wildman–Crippen MR) is 148 cm³/mol. The van der Waals surface area contributed by atoms with Gasteiger partial charge in [0.2, 0.25) is 0 Å². The van der Waals surface area contributed by atoms with Crippen molar-refractivity contribution in [2.45, 2.75) is 52.2 Å². The number of ether oxygens (including phenoxy) is 1. The SMILES string of the molecule is Cc1c(C)c2c(c(C)c1O)CCC(C)(C(=O)N1CCN(C(c3ccccc3)c3ccc(Cl)cc3)CC1)O2. The number of piperazine rings is 1. The Bertz CT molecular complexity index is 1300. The van der Waals surface area contributed by atoms with Crippen molar-refractivity contribution >= 4 is 17.5 Å². The number of hydrogen-bond acceptors (Lipinski definition) is 4. The molecule has 0 spiro atoms. The monoisotopic (exact) mass is 518 g/mol. The third-order valence-electron chi connectivity index (χ3n) is 8.24. The summed E-state index contributed by atoms with van der Waals surface area (Å²) < 4.78 is 6.48. The van der Waals surface area contributed by atoms with Crippen molar-refractivity contribution in [1.29, 1.82) is 0 Å². The summed E-state index contributed by atoms with van der Waals surface area (Å²) in [6.07, 6.45) is 1.31. The number of aromatic hydroxyl groups is 1. The molecule has 3 aromatic rings. The maximum Gasteiger partial charge on any atom is 0.266 e. The maximum absolute atomic E-state index is 13.8. The van der Waals surface area contributed by atoms with Crippen molar-refractivity contribution in [3.8, 4) is 11.5 Å². The van der Waals surface area contributed by atoms with Crippen LogP contribution in [0, 0.1) is 20.8 Å². The van der Waals surface area contributed by atoms with E-state index in [0.717, 1.165) is 46.1 Å². The Hall–Kier alpha value is -3.02. The van der Waals surface area contributed by atoms with E-state index in [1.165, 1.54) is 11.1 Å². The number of carbonyl (C=O) groups is 1. The maximum atomic E-state index is 13.8. The van der Waals surface area contributed by atoms with E-state index in [1.807, 2.05) is 50.8 Å². The second kappa shape index (κ2) is 10.0. The van der Waals surface area contributed by atoms with Gasteiger partial charge in [-0.1, -0.05) is 54.1 Å². The van der Waals surface area contributed by atoms with Gasteiger partial charge in [0.05, 0.1) is 6.04 Å². The van der Waals surface area contributed by atoms with Gasteiger partial charge in [0.25, 0.3) is 5.91 Å². The first kappa shape index (κ1) is 25.6. The van der Waals surface area contributed by atoms with Crippen LogP contribution in [0.5, 0.6) is 11.5 Å². The molecular weight excluding hydrogens is 484 g/mol. The van der Waals surface area contributed by atoms with Crippen molar-refractivity contribution in [3.05, 3.63) is 93.0 Å². The van der Waals surface area contributed by atoms with E-state index in [9.17, 15) is 9.90 Å². The molecule has 5 rings (SSSR count). The summed E-state index contributed by atoms with van der Waals surface area (Å²) in [5.41, 5.74) is 5.11. The molecule has 1 fully saturated rings. The molecule has 2 aliphatic heterocycles. The van der Waals surface area contributed by atoms with Crippen LogP contribution in [0.25, 0.3) is 0 Å². The van der Waals surface area contributed by atoms with Crippen LogP contribution in [0.4, 0.5) is 0 Å². The Morgan fingerprint density at radius 1 is 0.919 bits per heavy atom. The lowest BCUT2D eigenvalue weighted by Crippen LogP contribution is -2.58. The predicted octanol–water partition coefficient (Wildman–Crippen LogP) is 5.99. The number of rotatable bonds is 4. The standard InChI is InChI=1S/C31H35ClN2O3/c1-20-21(2)29-26(22(3)28(20)35)14-15-31(4,37-29)30(36)34-18-16-33(17-19-34)27(23-8-6-5-7-9-23)24-10-12-25(32)13-11-24/h5-13,27,35H,14-19H2,1-4H3. The van der Waals surface area contributed by atoms with Crippen molar-refractivity contribution in [3.63, 3.8) is 0 Å². The summed E-state index contributed by atoms with van der Waals surface area (Å²) in [5.74, 6) is 1.14. The fraction of sp³-hybridized carbons (Fsp3) is 0.387. The highest BCUT2D eigenvalue weighted by molar-refractivity contribution is 6.30. The van der Waals surface area contributed by atoms with E-state index in [0.29, 0.717) is 31.7 Å². The third kappa shape index (κ3) is 4.71. The first-order valence-corrected chi connectivity index (χ1v) is 13.4. The Balaban J connectivity index is 1.33. The molecule has 2 heterocycles. The van der Waals surface area contributed by atoms with Crippen LogP contribution in [0.3, 0.4) is 0 Å². The van der Waals surface area contributed by atoms with Gasteiger partial charge in [-0.3, -0.25) is 9.69 Å². The molecular formula is C31H35ClN2O3. The summed E-state index contributed by atoms with van der Waals surface area (Å²) >= 11 is 6.17. The van der Waals surface area contributed by atoms with Crippen molar-refractivity contribution in [2.24, 2.45) is 0 Å². The zero-order chi connectivity index (χ0) is 26.3. The number of benzene rings is 3. The zero-order valence-corrected chi connectivity index (χ0v) is 22.8. The lowest BCUT2D eigenvalue weighted by atomic mass is 9.86. The number of carbonyl (C=O) groups excluding carboxylic acids is 1. The molecule has 1 amide bonds. The number of phenolic OH excluding ortho intramolecular Hbond substituents is 1. The Kier molecular flexibility index (Phi) is 6.95. The molecule has 194 valence electrons. The van der Waals surface area contributed by atoms with E-state index < -0.39 is 5.60 Å². The second-order valence-corrected chi connectivity index (χ2v) is 11.0. The van der Waals surface area contributed by atoms with Gasteiger partial charge in [0.15, 0.2) is 5.60 Å². The van der Waals surface area contributed by atoms with Gasteiger partial charge in [-0.25, -0.2) is 0 Å². The van der Waals surface area contributed by atoms with Gasteiger partial charge in [-0.15, -0.1) is 0 Å². The van der Waals surface area contributed by atoms with E-state index in [-0.39, 0.29) is 11.9 Å². The van der Waals surface area contributed by atoms with Gasteiger partial charge in [0, 0.05) is 43.2 Å². The third-order valence-corrected chi connectivity index (χ3v) is 8.49. The summed E-state index contributed by atoms with van der Waals surface area (Å²) in [5, 5.41) is 11.2. The highest BCUT2D eigenvalue weighted by atomic mass is 35.5. The quantitative estimate of drug-likeness (QED) is 0.461. The highest BCUT2D eigenvalue weighted by Crippen LogP contribution is 2.44. The lowest BCUT2D eigenvalue weighted by molar-refractivity contribution is -0.150. The molecule has 1 saturated heterocycles. The Morgan fingerprint density at radius 3 is 2.19 bits per heavy atom. The average Bonchev–Trinajstić information content (AvgIpc) is 2.92. The molecule has 0 bridgehead atoms. The summed E-state index contributed by atoms with van der Waals surface area (Å²) in [4.78, 5) is 18.2. The average molecular weight is 519 g/mol. The van der Waals surface area contributed by atoms with Crippen LogP contribution in [-0.4, -0.2) is 52.6 Å². The molecule has 2 atom stereocenters. The smallest absolute Gasteiger partial charge is 0.266 e. The van der Waals surface area contributed by atoms with Crippen molar-refractivity contribution in [1.82, 2.24) is 9.80 Å². The highest BCUT2D eigenvalue weighted by Gasteiger charge is 2.44. The molecule has 0 aliphatic carbocycles. The van der Waals surface area contributed by atoms with E-state index in [1.54, 1.807) is 0 Å². The first-order valence-electron chi connectivity index (χ1n) is 13.0. The molecule has 2 unspecified atom stereocenters. The number of fused-ring (bicyclic) bond motifs is 1. The van der Waals surface area contributed by atoms with Crippen LogP contribution in [0.2, 0.25) is 5.02 Å². The minimum Gasteiger partial charge on any atom is -0.507 e. The minimum atomic E-state index is -0.912. The number of phenols is 1. The lowest BCUT2D eigenvalue weighted by Gasteiger charge is -2.44. The number of hydrogen-bond donors (Lipinski definition) is 1. The first-order chi connectivity index (χ1) is 17.7. The van der Waals surface area contributed by atoms with Crippen LogP contribution in [0.1, 0.15) is 52.8 Å². The van der Waals surface area contributed by atoms with Gasteiger partial charge in [-0.05, 0) is 74.1 Å². The Morgan fingerprint density at radius 2 is 1.54 bits per heavy atom.